The van der Waals surface area contributed by atoms with Gasteiger partial charge in [-0.1, -0.05) is 16.9 Å². The van der Waals surface area contributed by atoms with E-state index in [4.69, 9.17) is 4.84 Å². The number of hydrogen-bond acceptors (Lipinski definition) is 12. The number of carboxylic acid groups (broad SMARTS) is 1. The van der Waals surface area contributed by atoms with Gasteiger partial charge in [-0.05, 0) is 22.9 Å². The van der Waals surface area contributed by atoms with E-state index in [1.807, 2.05) is 0 Å². The zero-order chi connectivity index (χ0) is 23.7. The highest BCUT2D eigenvalue weighted by molar-refractivity contribution is 8.01. The summed E-state index contributed by atoms with van der Waals surface area (Å²) in [7, 11) is 2.99. The molecule has 2 aliphatic rings. The number of aliphatic carboxylic acids is 1. The number of hydrogen-bond donors (Lipinski definition) is 2. The number of rotatable bonds is 8. The maximum Gasteiger partial charge on any atom is 0.352 e. The first kappa shape index (κ1) is 23.2. The van der Waals surface area contributed by atoms with Crippen molar-refractivity contribution in [2.24, 2.45) is 12.2 Å². The van der Waals surface area contributed by atoms with Gasteiger partial charge in [-0.2, -0.15) is 0 Å². The first-order valence-corrected chi connectivity index (χ1v) is 12.3. The number of thiazole rings is 1. The average molecular weight is 511 g/mol. The molecule has 0 aliphatic carbocycles. The number of thioether (sulfide) groups is 2. The van der Waals surface area contributed by atoms with Crippen molar-refractivity contribution in [3.8, 4) is 0 Å². The van der Waals surface area contributed by atoms with Crippen molar-refractivity contribution < 1.29 is 24.3 Å². The molecule has 16 heteroatoms. The predicted molar refractivity (Wildman–Crippen MR) is 120 cm³/mol. The number of β-lactam (4-membered cyclic amide) rings is 1. The van der Waals surface area contributed by atoms with Crippen LogP contribution in [0, 0.1) is 6.92 Å². The standard InChI is InChI=1S/C17H18N8O5S3/c1-7-18-9(6-31-7)10(21-30-3)13(26)19-11-14(27)25-12(16(28)29)8(4-32-15(11)25)5-33-17-20-22-23-24(17)2/h6,11,15H,4-5H2,1-3H3,(H,19,26)(H,28,29)/t11?,15-/m0/s1. The van der Waals surface area contributed by atoms with Crippen LogP contribution in [0.5, 0.6) is 0 Å². The van der Waals surface area contributed by atoms with E-state index in [9.17, 15) is 19.5 Å². The first-order chi connectivity index (χ1) is 15.8. The Balaban J connectivity index is 1.49. The molecule has 1 unspecified atom stereocenters. The van der Waals surface area contributed by atoms with Crippen molar-refractivity contribution in [2.75, 3.05) is 18.6 Å². The van der Waals surface area contributed by atoms with Gasteiger partial charge in [0, 0.05) is 23.9 Å². The number of carbonyl (C=O) groups is 3. The van der Waals surface area contributed by atoms with E-state index in [-0.39, 0.29) is 11.4 Å². The molecule has 2 aromatic heterocycles. The number of aryl methyl sites for hydroxylation is 2. The summed E-state index contributed by atoms with van der Waals surface area (Å²) in [5.74, 6) is -1.65. The summed E-state index contributed by atoms with van der Waals surface area (Å²) in [5.41, 5.74) is 0.782. The molecule has 0 saturated carbocycles. The maximum absolute atomic E-state index is 12.9. The normalized spacial score (nSPS) is 20.4. The molecule has 4 rings (SSSR count). The van der Waals surface area contributed by atoms with E-state index in [1.54, 1.807) is 19.4 Å². The SMILES string of the molecule is CON=C(C(=O)NC1C(=O)N2C(C(=O)O)=C(CSc3nnnn3C)CS[C@@H]12)c1csc(C)n1. The highest BCUT2D eigenvalue weighted by atomic mass is 32.2. The largest absolute Gasteiger partial charge is 0.477 e. The van der Waals surface area contributed by atoms with E-state index >= 15 is 0 Å². The molecule has 2 aliphatic heterocycles. The molecular weight excluding hydrogens is 492 g/mol. The molecule has 1 fully saturated rings. The van der Waals surface area contributed by atoms with Gasteiger partial charge in [0.25, 0.3) is 11.8 Å². The monoisotopic (exact) mass is 510 g/mol. The van der Waals surface area contributed by atoms with Gasteiger partial charge < -0.3 is 15.3 Å². The fourth-order valence-electron chi connectivity index (χ4n) is 3.27. The summed E-state index contributed by atoms with van der Waals surface area (Å²) < 4.78 is 1.48. The Labute approximate surface area is 199 Å². The van der Waals surface area contributed by atoms with Crippen LogP contribution in [0.2, 0.25) is 0 Å². The zero-order valence-electron chi connectivity index (χ0n) is 17.6. The van der Waals surface area contributed by atoms with Crippen LogP contribution in [0.4, 0.5) is 0 Å². The van der Waals surface area contributed by atoms with Gasteiger partial charge in [-0.15, -0.1) is 28.2 Å². The summed E-state index contributed by atoms with van der Waals surface area (Å²) in [5, 5.41) is 29.8. The number of fused-ring (bicyclic) bond motifs is 1. The van der Waals surface area contributed by atoms with Gasteiger partial charge in [0.15, 0.2) is 5.71 Å². The van der Waals surface area contributed by atoms with Crippen LogP contribution in [0.3, 0.4) is 0 Å². The van der Waals surface area contributed by atoms with Crippen molar-refractivity contribution in [1.82, 2.24) is 35.4 Å². The minimum absolute atomic E-state index is 0.0581. The molecule has 2 atom stereocenters. The summed E-state index contributed by atoms with van der Waals surface area (Å²) in [6.07, 6.45) is 0. The molecule has 1 saturated heterocycles. The lowest BCUT2D eigenvalue weighted by Gasteiger charge is -2.49. The molecule has 0 radical (unpaired) electrons. The van der Waals surface area contributed by atoms with E-state index in [2.05, 4.69) is 31.0 Å². The second kappa shape index (κ2) is 9.48. The fraction of sp³-hybridized carbons (Fsp3) is 0.412. The van der Waals surface area contributed by atoms with Crippen molar-refractivity contribution in [3.63, 3.8) is 0 Å². The Morgan fingerprint density at radius 1 is 1.45 bits per heavy atom. The third kappa shape index (κ3) is 4.45. The molecule has 2 aromatic rings. The number of carboxylic acids is 1. The van der Waals surface area contributed by atoms with Crippen LogP contribution < -0.4 is 5.32 Å². The minimum Gasteiger partial charge on any atom is -0.477 e. The molecule has 2 amide bonds. The Morgan fingerprint density at radius 3 is 2.85 bits per heavy atom. The van der Waals surface area contributed by atoms with Crippen molar-refractivity contribution in [2.45, 2.75) is 23.5 Å². The molecule has 174 valence electrons. The molecule has 33 heavy (non-hydrogen) atoms. The molecule has 2 N–H and O–H groups in total. The summed E-state index contributed by atoms with van der Waals surface area (Å²) in [4.78, 5) is 47.9. The lowest BCUT2D eigenvalue weighted by atomic mass is 10.0. The number of amides is 2. The van der Waals surface area contributed by atoms with Crippen LogP contribution in [-0.4, -0.2) is 88.7 Å². The Bertz CT molecular complexity index is 1180. The van der Waals surface area contributed by atoms with Crippen LogP contribution in [0.25, 0.3) is 0 Å². The predicted octanol–water partition coefficient (Wildman–Crippen LogP) is -0.144. The average Bonchev–Trinajstić information content (AvgIpc) is 3.40. The second-order valence-corrected chi connectivity index (χ2v) is 9.98. The molecular formula is C17H18N8O5S3. The first-order valence-electron chi connectivity index (χ1n) is 9.41. The number of tetrazole rings is 1. The van der Waals surface area contributed by atoms with Gasteiger partial charge in [-0.25, -0.2) is 14.5 Å². The van der Waals surface area contributed by atoms with Gasteiger partial charge in [0.2, 0.25) is 5.16 Å². The van der Waals surface area contributed by atoms with E-state index < -0.39 is 29.2 Å². The van der Waals surface area contributed by atoms with Crippen molar-refractivity contribution in [3.05, 3.63) is 27.4 Å². The smallest absolute Gasteiger partial charge is 0.352 e. The number of oxime groups is 1. The summed E-state index contributed by atoms with van der Waals surface area (Å²) in [6.45, 7) is 1.79. The van der Waals surface area contributed by atoms with Gasteiger partial charge in [-0.3, -0.25) is 14.5 Å². The Morgan fingerprint density at radius 2 is 2.24 bits per heavy atom. The lowest BCUT2D eigenvalue weighted by Crippen LogP contribution is -2.71. The van der Waals surface area contributed by atoms with Crippen LogP contribution >= 0.6 is 34.9 Å². The third-order valence-electron chi connectivity index (χ3n) is 4.75. The number of nitrogens with one attached hydrogen (secondary N) is 1. The molecule has 13 nitrogen and oxygen atoms in total. The van der Waals surface area contributed by atoms with Gasteiger partial charge in [0.05, 0.1) is 5.01 Å². The topological polar surface area (TPSA) is 165 Å². The maximum atomic E-state index is 12.9. The van der Waals surface area contributed by atoms with Crippen molar-refractivity contribution in [1.29, 1.82) is 0 Å². The Hall–Kier alpha value is -2.98. The van der Waals surface area contributed by atoms with Crippen LogP contribution in [-0.2, 0) is 26.3 Å². The molecule has 0 spiro atoms. The molecule has 0 bridgehead atoms. The lowest BCUT2D eigenvalue weighted by molar-refractivity contribution is -0.150. The summed E-state index contributed by atoms with van der Waals surface area (Å²) in [6, 6.07) is -0.893. The summed E-state index contributed by atoms with van der Waals surface area (Å²) >= 11 is 4.00. The van der Waals surface area contributed by atoms with E-state index in [0.29, 0.717) is 27.9 Å². The van der Waals surface area contributed by atoms with E-state index in [1.165, 1.54) is 51.6 Å². The number of nitrogens with zero attached hydrogens (tertiary/aromatic N) is 7. The van der Waals surface area contributed by atoms with Crippen molar-refractivity contribution >= 4 is 58.4 Å². The zero-order valence-corrected chi connectivity index (χ0v) is 20.0. The fourth-order valence-corrected chi connectivity index (χ4v) is 6.20. The van der Waals surface area contributed by atoms with Gasteiger partial charge in [0.1, 0.15) is 29.9 Å². The number of carbonyl (C=O) groups excluding carboxylic acids is 2. The highest BCUT2D eigenvalue weighted by Gasteiger charge is 2.54. The highest BCUT2D eigenvalue weighted by Crippen LogP contribution is 2.41. The van der Waals surface area contributed by atoms with Crippen LogP contribution in [0.1, 0.15) is 10.7 Å². The molecule has 4 heterocycles. The Kier molecular flexibility index (Phi) is 6.66. The number of aromatic nitrogens is 5. The molecule has 0 aromatic carbocycles. The van der Waals surface area contributed by atoms with E-state index in [0.717, 1.165) is 5.01 Å². The van der Waals surface area contributed by atoms with Gasteiger partial charge >= 0.3 is 5.97 Å². The van der Waals surface area contributed by atoms with Crippen LogP contribution in [0.15, 0.2) is 27.0 Å². The quantitative estimate of drug-likeness (QED) is 0.210. The second-order valence-electron chi connectivity index (χ2n) is 6.87. The minimum atomic E-state index is -1.20. The third-order valence-corrected chi connectivity index (χ3v) is 7.96.